The number of carbonyl (C=O) groups excluding carboxylic acids is 1. The molecule has 4 heterocycles. The first kappa shape index (κ1) is 16.8. The third kappa shape index (κ3) is 3.00. The van der Waals surface area contributed by atoms with Gasteiger partial charge in [-0.25, -0.2) is 4.98 Å². The van der Waals surface area contributed by atoms with Gasteiger partial charge in [-0.15, -0.1) is 0 Å². The van der Waals surface area contributed by atoms with E-state index < -0.39 is 0 Å². The van der Waals surface area contributed by atoms with E-state index in [1.165, 1.54) is 0 Å². The molecule has 1 N–H and O–H groups in total. The van der Waals surface area contributed by atoms with Gasteiger partial charge in [-0.2, -0.15) is 5.10 Å². The molecule has 2 aliphatic heterocycles. The molecular weight excluding hydrogens is 332 g/mol. The molecule has 0 aliphatic carbocycles. The summed E-state index contributed by atoms with van der Waals surface area (Å²) in [6.07, 6.45) is 4.71. The molecule has 0 radical (unpaired) electrons. The Morgan fingerprint density at radius 2 is 2.04 bits per heavy atom. The van der Waals surface area contributed by atoms with Crippen molar-refractivity contribution in [2.24, 2.45) is 7.05 Å². The average molecular weight is 356 g/mol. The van der Waals surface area contributed by atoms with E-state index in [2.05, 4.69) is 15.0 Å². The smallest absolute Gasteiger partial charge is 0.257 e. The fraction of sp³-hybridized carbons (Fsp3) is 0.556. The minimum atomic E-state index is -0.121. The Kier molecular flexibility index (Phi) is 4.26. The van der Waals surface area contributed by atoms with Crippen molar-refractivity contribution in [2.75, 3.05) is 31.1 Å². The maximum atomic E-state index is 12.8. The highest BCUT2D eigenvalue weighted by molar-refractivity contribution is 5.95. The molecule has 4 rings (SSSR count). The molecule has 8 heteroatoms. The van der Waals surface area contributed by atoms with Crippen molar-refractivity contribution in [3.63, 3.8) is 0 Å². The minimum Gasteiger partial charge on any atom is -0.342 e. The standard InChI is InChI=1S/C18H24N6O2/c1-12-14(10-19-22(12)2)17(26)24-8-5-13(11-24)15-9-16(25)21-18(20-15)23-6-3-4-7-23/h9-10,13H,3-8,11H2,1-2H3,(H,20,21,25). The summed E-state index contributed by atoms with van der Waals surface area (Å²) in [5.74, 6) is 0.764. The second-order valence-corrected chi connectivity index (χ2v) is 7.19. The third-order valence-electron chi connectivity index (χ3n) is 5.51. The van der Waals surface area contributed by atoms with Gasteiger partial charge < -0.3 is 9.80 Å². The lowest BCUT2D eigenvalue weighted by Crippen LogP contribution is -2.29. The number of hydrogen-bond donors (Lipinski definition) is 1. The normalized spacial score (nSPS) is 20.2. The molecule has 1 unspecified atom stereocenters. The van der Waals surface area contributed by atoms with Crippen molar-refractivity contribution in [1.29, 1.82) is 0 Å². The molecule has 138 valence electrons. The molecule has 2 aromatic heterocycles. The number of likely N-dealkylation sites (tertiary alicyclic amines) is 1. The summed E-state index contributed by atoms with van der Waals surface area (Å²) in [7, 11) is 1.83. The monoisotopic (exact) mass is 356 g/mol. The molecule has 2 aliphatic rings. The Balaban J connectivity index is 1.52. The topological polar surface area (TPSA) is 87.1 Å². The zero-order valence-electron chi connectivity index (χ0n) is 15.2. The zero-order chi connectivity index (χ0) is 18.3. The fourth-order valence-electron chi connectivity index (χ4n) is 3.82. The van der Waals surface area contributed by atoms with Gasteiger partial charge in [0.1, 0.15) is 0 Å². The fourth-order valence-corrected chi connectivity index (χ4v) is 3.82. The van der Waals surface area contributed by atoms with Gasteiger partial charge in [-0.1, -0.05) is 0 Å². The van der Waals surface area contributed by atoms with Gasteiger partial charge in [0.15, 0.2) is 0 Å². The highest BCUT2D eigenvalue weighted by Gasteiger charge is 2.31. The molecular formula is C18H24N6O2. The van der Waals surface area contributed by atoms with Crippen molar-refractivity contribution >= 4 is 11.9 Å². The van der Waals surface area contributed by atoms with E-state index in [0.717, 1.165) is 43.7 Å². The van der Waals surface area contributed by atoms with Gasteiger partial charge in [-0.3, -0.25) is 19.3 Å². The Morgan fingerprint density at radius 1 is 1.27 bits per heavy atom. The number of amides is 1. The zero-order valence-corrected chi connectivity index (χ0v) is 15.2. The van der Waals surface area contributed by atoms with E-state index in [1.807, 2.05) is 18.9 Å². The summed E-state index contributed by atoms with van der Waals surface area (Å²) in [4.78, 5) is 36.4. The van der Waals surface area contributed by atoms with Gasteiger partial charge in [0.2, 0.25) is 5.95 Å². The number of aromatic nitrogens is 4. The first-order valence-electron chi connectivity index (χ1n) is 9.17. The van der Waals surface area contributed by atoms with E-state index in [9.17, 15) is 9.59 Å². The molecule has 0 aromatic carbocycles. The Bertz CT molecular complexity index is 880. The van der Waals surface area contributed by atoms with Crippen LogP contribution in [0.4, 0.5) is 5.95 Å². The van der Waals surface area contributed by atoms with Gasteiger partial charge >= 0.3 is 0 Å². The lowest BCUT2D eigenvalue weighted by molar-refractivity contribution is 0.0790. The van der Waals surface area contributed by atoms with Crippen molar-refractivity contribution in [3.8, 4) is 0 Å². The van der Waals surface area contributed by atoms with Crippen LogP contribution in [0.3, 0.4) is 0 Å². The first-order chi connectivity index (χ1) is 12.5. The second-order valence-electron chi connectivity index (χ2n) is 7.19. The van der Waals surface area contributed by atoms with Crippen molar-refractivity contribution in [1.82, 2.24) is 24.6 Å². The number of aromatic amines is 1. The van der Waals surface area contributed by atoms with Crippen molar-refractivity contribution in [3.05, 3.63) is 39.6 Å². The number of hydrogen-bond acceptors (Lipinski definition) is 5. The van der Waals surface area contributed by atoms with Gasteiger partial charge in [0.05, 0.1) is 17.5 Å². The SMILES string of the molecule is Cc1c(C(=O)N2CCC(c3cc(=O)[nH]c(N4CCCC4)n3)C2)cnn1C. The van der Waals surface area contributed by atoms with Gasteiger partial charge in [-0.05, 0) is 26.2 Å². The van der Waals surface area contributed by atoms with E-state index in [-0.39, 0.29) is 17.4 Å². The van der Waals surface area contributed by atoms with Crippen LogP contribution < -0.4 is 10.5 Å². The van der Waals surface area contributed by atoms with E-state index in [0.29, 0.717) is 24.6 Å². The molecule has 2 saturated heterocycles. The molecule has 0 spiro atoms. The highest BCUT2D eigenvalue weighted by Crippen LogP contribution is 2.28. The van der Waals surface area contributed by atoms with Crippen LogP contribution >= 0.6 is 0 Å². The van der Waals surface area contributed by atoms with Crippen molar-refractivity contribution in [2.45, 2.75) is 32.1 Å². The summed E-state index contributed by atoms with van der Waals surface area (Å²) in [6.45, 7) is 5.02. The summed E-state index contributed by atoms with van der Waals surface area (Å²) < 4.78 is 1.71. The summed E-state index contributed by atoms with van der Waals surface area (Å²) >= 11 is 0. The number of aryl methyl sites for hydroxylation is 1. The third-order valence-corrected chi connectivity index (χ3v) is 5.51. The lowest BCUT2D eigenvalue weighted by Gasteiger charge is -2.18. The van der Waals surface area contributed by atoms with E-state index >= 15 is 0 Å². The predicted octanol–water partition coefficient (Wildman–Crippen LogP) is 1.04. The average Bonchev–Trinajstić information content (AvgIpc) is 3.36. The number of nitrogens with zero attached hydrogens (tertiary/aromatic N) is 5. The number of carbonyl (C=O) groups is 1. The van der Waals surface area contributed by atoms with Crippen LogP contribution in [0, 0.1) is 6.92 Å². The molecule has 1 atom stereocenters. The molecule has 8 nitrogen and oxygen atoms in total. The van der Waals surface area contributed by atoms with Crippen LogP contribution in [0.2, 0.25) is 0 Å². The lowest BCUT2D eigenvalue weighted by atomic mass is 10.0. The molecule has 1 amide bonds. The predicted molar refractivity (Wildman–Crippen MR) is 97.5 cm³/mol. The van der Waals surface area contributed by atoms with Crippen LogP contribution in [0.1, 0.15) is 46.9 Å². The Morgan fingerprint density at radius 3 is 2.73 bits per heavy atom. The maximum Gasteiger partial charge on any atom is 0.257 e. The summed E-state index contributed by atoms with van der Waals surface area (Å²) in [5, 5.41) is 4.16. The molecule has 2 fully saturated rings. The van der Waals surface area contributed by atoms with Gasteiger partial charge in [0.25, 0.3) is 11.5 Å². The first-order valence-corrected chi connectivity index (χ1v) is 9.17. The molecule has 26 heavy (non-hydrogen) atoms. The van der Waals surface area contributed by atoms with E-state index in [1.54, 1.807) is 16.9 Å². The van der Waals surface area contributed by atoms with E-state index in [4.69, 9.17) is 4.98 Å². The highest BCUT2D eigenvalue weighted by atomic mass is 16.2. The largest absolute Gasteiger partial charge is 0.342 e. The van der Waals surface area contributed by atoms with Crippen LogP contribution in [0.15, 0.2) is 17.1 Å². The van der Waals surface area contributed by atoms with Crippen LogP contribution in [0.25, 0.3) is 0 Å². The molecule has 0 bridgehead atoms. The maximum absolute atomic E-state index is 12.8. The summed E-state index contributed by atoms with van der Waals surface area (Å²) in [5.41, 5.74) is 2.17. The Labute approximate surface area is 151 Å². The molecule has 0 saturated carbocycles. The minimum absolute atomic E-state index is 0.00251. The van der Waals surface area contributed by atoms with Crippen LogP contribution in [-0.2, 0) is 7.05 Å². The quantitative estimate of drug-likeness (QED) is 0.888. The summed E-state index contributed by atoms with van der Waals surface area (Å²) in [6, 6.07) is 1.58. The number of nitrogens with one attached hydrogen (secondary N) is 1. The van der Waals surface area contributed by atoms with Crippen molar-refractivity contribution < 1.29 is 4.79 Å². The van der Waals surface area contributed by atoms with Crippen LogP contribution in [0.5, 0.6) is 0 Å². The second kappa shape index (κ2) is 6.59. The Hall–Kier alpha value is -2.64. The number of anilines is 1. The molecule has 2 aromatic rings. The van der Waals surface area contributed by atoms with Gasteiger partial charge in [0, 0.05) is 50.9 Å². The number of rotatable bonds is 3. The van der Waals surface area contributed by atoms with Crippen LogP contribution in [-0.4, -0.2) is 56.7 Å². The number of H-pyrrole nitrogens is 1.